The van der Waals surface area contributed by atoms with Crippen LogP contribution in [0.25, 0.3) is 0 Å². The molecule has 1 heterocycles. The fraction of sp³-hybridized carbons (Fsp3) is 0.412. The number of aliphatic hydroxyl groups is 1. The lowest BCUT2D eigenvalue weighted by Gasteiger charge is -2.31. The van der Waals surface area contributed by atoms with E-state index in [1.807, 2.05) is 12.1 Å². The zero-order valence-corrected chi connectivity index (χ0v) is 13.7. The van der Waals surface area contributed by atoms with Crippen molar-refractivity contribution in [2.24, 2.45) is 0 Å². The average Bonchev–Trinajstić information content (AvgIpc) is 2.91. The third-order valence-electron chi connectivity index (χ3n) is 3.60. The third-order valence-corrected chi connectivity index (χ3v) is 4.46. The second-order valence-corrected chi connectivity index (χ2v) is 6.67. The maximum absolute atomic E-state index is 13.8. The van der Waals surface area contributed by atoms with Crippen molar-refractivity contribution >= 4 is 17.0 Å². The van der Waals surface area contributed by atoms with E-state index < -0.39 is 6.10 Å². The van der Waals surface area contributed by atoms with Gasteiger partial charge in [-0.25, -0.2) is 4.39 Å². The van der Waals surface area contributed by atoms with E-state index in [1.54, 1.807) is 25.2 Å². The molecule has 0 unspecified atom stereocenters. The van der Waals surface area contributed by atoms with E-state index >= 15 is 0 Å². The number of thiophene rings is 1. The Balaban J connectivity index is 2.46. The molecule has 2 nitrogen and oxygen atoms in total. The summed E-state index contributed by atoms with van der Waals surface area (Å²) in [5.74, 6) is -0.269. The molecule has 21 heavy (non-hydrogen) atoms. The number of anilines is 1. The van der Waals surface area contributed by atoms with Gasteiger partial charge in [0.05, 0.1) is 12.6 Å². The van der Waals surface area contributed by atoms with Crippen LogP contribution in [0.5, 0.6) is 0 Å². The maximum Gasteiger partial charge on any atom is 0.126 e. The molecule has 0 bridgehead atoms. The molecule has 1 aromatic heterocycles. The predicted octanol–water partition coefficient (Wildman–Crippen LogP) is 4.66. The number of benzene rings is 1. The van der Waals surface area contributed by atoms with Crippen LogP contribution >= 0.6 is 11.3 Å². The van der Waals surface area contributed by atoms with Gasteiger partial charge in [0.25, 0.3) is 0 Å². The lowest BCUT2D eigenvalue weighted by Crippen LogP contribution is -2.31. The highest BCUT2D eigenvalue weighted by Gasteiger charge is 2.19. The summed E-state index contributed by atoms with van der Waals surface area (Å²) in [6, 6.07) is 7.68. The summed E-state index contributed by atoms with van der Waals surface area (Å²) in [6.45, 7) is 8.42. The standard InChI is InChI=1S/C17H22FNOS/c1-11(2)19(10-14-6-5-7-21-14)17-8-12(3)16(18)9-15(17)13(4)20/h5-9,11,13,20H,10H2,1-4H3/t13-/m1/s1. The quantitative estimate of drug-likeness (QED) is 0.868. The normalized spacial score (nSPS) is 12.7. The van der Waals surface area contributed by atoms with Crippen LogP contribution in [-0.2, 0) is 6.54 Å². The molecular weight excluding hydrogens is 285 g/mol. The van der Waals surface area contributed by atoms with E-state index in [2.05, 4.69) is 30.2 Å². The SMILES string of the molecule is Cc1cc(N(Cc2cccs2)C(C)C)c([C@@H](C)O)cc1F. The predicted molar refractivity (Wildman–Crippen MR) is 87.4 cm³/mol. The van der Waals surface area contributed by atoms with Crippen molar-refractivity contribution in [3.63, 3.8) is 0 Å². The van der Waals surface area contributed by atoms with Crippen molar-refractivity contribution in [1.82, 2.24) is 0 Å². The van der Waals surface area contributed by atoms with Crippen molar-refractivity contribution in [2.75, 3.05) is 4.90 Å². The van der Waals surface area contributed by atoms with Crippen LogP contribution in [0.3, 0.4) is 0 Å². The van der Waals surface area contributed by atoms with E-state index in [-0.39, 0.29) is 11.9 Å². The molecule has 1 aromatic carbocycles. The van der Waals surface area contributed by atoms with Crippen LogP contribution in [0.4, 0.5) is 10.1 Å². The Morgan fingerprint density at radius 2 is 2.00 bits per heavy atom. The molecule has 0 saturated heterocycles. The Kier molecular flexibility index (Phi) is 5.01. The van der Waals surface area contributed by atoms with Crippen LogP contribution in [-0.4, -0.2) is 11.1 Å². The third kappa shape index (κ3) is 3.63. The molecule has 0 amide bonds. The van der Waals surface area contributed by atoms with Gasteiger partial charge in [-0.15, -0.1) is 11.3 Å². The zero-order valence-electron chi connectivity index (χ0n) is 12.9. The molecule has 2 rings (SSSR count). The number of rotatable bonds is 5. The van der Waals surface area contributed by atoms with Crippen molar-refractivity contribution < 1.29 is 9.50 Å². The number of nitrogens with zero attached hydrogens (tertiary/aromatic N) is 1. The van der Waals surface area contributed by atoms with Crippen LogP contribution in [0.1, 0.15) is 42.9 Å². The first-order valence-corrected chi connectivity index (χ1v) is 8.05. The fourth-order valence-electron chi connectivity index (χ4n) is 2.38. The molecule has 114 valence electrons. The Morgan fingerprint density at radius 1 is 1.29 bits per heavy atom. The Labute approximate surface area is 129 Å². The first-order chi connectivity index (χ1) is 9.90. The lowest BCUT2D eigenvalue weighted by molar-refractivity contribution is 0.199. The van der Waals surface area contributed by atoms with Crippen LogP contribution in [0, 0.1) is 12.7 Å². The van der Waals surface area contributed by atoms with Gasteiger partial charge < -0.3 is 10.0 Å². The smallest absolute Gasteiger partial charge is 0.126 e. The molecule has 2 aromatic rings. The van der Waals surface area contributed by atoms with Gasteiger partial charge in [-0.2, -0.15) is 0 Å². The van der Waals surface area contributed by atoms with Crippen LogP contribution < -0.4 is 4.90 Å². The van der Waals surface area contributed by atoms with Crippen molar-refractivity contribution in [1.29, 1.82) is 0 Å². The number of halogens is 1. The highest BCUT2D eigenvalue weighted by molar-refractivity contribution is 7.09. The molecule has 0 aliphatic rings. The molecule has 0 fully saturated rings. The minimum Gasteiger partial charge on any atom is -0.389 e. The van der Waals surface area contributed by atoms with Crippen LogP contribution in [0.15, 0.2) is 29.6 Å². The van der Waals surface area contributed by atoms with E-state index in [0.717, 1.165) is 12.2 Å². The van der Waals surface area contributed by atoms with Crippen molar-refractivity contribution in [3.8, 4) is 0 Å². The summed E-state index contributed by atoms with van der Waals surface area (Å²) < 4.78 is 13.8. The topological polar surface area (TPSA) is 23.5 Å². The summed E-state index contributed by atoms with van der Waals surface area (Å²) in [6.07, 6.45) is -0.695. The highest BCUT2D eigenvalue weighted by atomic mass is 32.1. The second-order valence-electron chi connectivity index (χ2n) is 5.64. The molecule has 1 atom stereocenters. The first-order valence-electron chi connectivity index (χ1n) is 7.17. The largest absolute Gasteiger partial charge is 0.389 e. The summed E-state index contributed by atoms with van der Waals surface area (Å²) in [4.78, 5) is 3.46. The minimum absolute atomic E-state index is 0.259. The molecule has 0 spiro atoms. The van der Waals surface area contributed by atoms with E-state index in [9.17, 15) is 9.50 Å². The Morgan fingerprint density at radius 3 is 2.52 bits per heavy atom. The molecule has 4 heteroatoms. The number of aryl methyl sites for hydroxylation is 1. The highest BCUT2D eigenvalue weighted by Crippen LogP contribution is 2.32. The molecule has 0 radical (unpaired) electrons. The fourth-order valence-corrected chi connectivity index (χ4v) is 3.08. The van der Waals surface area contributed by atoms with E-state index in [1.165, 1.54) is 10.9 Å². The Bertz CT molecular complexity index is 593. The molecule has 1 N–H and O–H groups in total. The van der Waals surface area contributed by atoms with Crippen LogP contribution in [0.2, 0.25) is 0 Å². The average molecular weight is 307 g/mol. The molecule has 0 aliphatic carbocycles. The van der Waals surface area contributed by atoms with Gasteiger partial charge in [0.1, 0.15) is 5.82 Å². The summed E-state index contributed by atoms with van der Waals surface area (Å²) >= 11 is 1.71. The monoisotopic (exact) mass is 307 g/mol. The van der Waals surface area contributed by atoms with E-state index in [0.29, 0.717) is 11.1 Å². The minimum atomic E-state index is -0.695. The van der Waals surface area contributed by atoms with Crippen molar-refractivity contribution in [3.05, 3.63) is 51.5 Å². The van der Waals surface area contributed by atoms with Gasteiger partial charge in [0.2, 0.25) is 0 Å². The molecule has 0 aliphatic heterocycles. The number of hydrogen-bond donors (Lipinski definition) is 1. The first kappa shape index (κ1) is 16.0. The van der Waals surface area contributed by atoms with Gasteiger partial charge in [0, 0.05) is 22.2 Å². The maximum atomic E-state index is 13.8. The Hall–Kier alpha value is -1.39. The second kappa shape index (κ2) is 6.58. The summed E-state index contributed by atoms with van der Waals surface area (Å²) in [5.41, 5.74) is 2.15. The van der Waals surface area contributed by atoms with E-state index in [4.69, 9.17) is 0 Å². The van der Waals surface area contributed by atoms with Gasteiger partial charge in [-0.1, -0.05) is 6.07 Å². The molecular formula is C17H22FNOS. The van der Waals surface area contributed by atoms with Gasteiger partial charge >= 0.3 is 0 Å². The van der Waals surface area contributed by atoms with Gasteiger partial charge in [0.15, 0.2) is 0 Å². The van der Waals surface area contributed by atoms with Gasteiger partial charge in [-0.05, 0) is 56.8 Å². The zero-order chi connectivity index (χ0) is 15.6. The summed E-state index contributed by atoms with van der Waals surface area (Å²) in [7, 11) is 0. The lowest BCUT2D eigenvalue weighted by atomic mass is 10.0. The number of hydrogen-bond acceptors (Lipinski definition) is 3. The van der Waals surface area contributed by atoms with Crippen molar-refractivity contribution in [2.45, 2.75) is 46.4 Å². The molecule has 0 saturated carbocycles. The number of aliphatic hydroxyl groups excluding tert-OH is 1. The summed E-state index contributed by atoms with van der Waals surface area (Å²) in [5, 5.41) is 12.0. The van der Waals surface area contributed by atoms with Gasteiger partial charge in [-0.3, -0.25) is 0 Å².